The molecule has 1 aromatic rings. The smallest absolute Gasteiger partial charge is 0.187 e. The summed E-state index contributed by atoms with van der Waals surface area (Å²) in [5, 5.41) is 0. The van der Waals surface area contributed by atoms with Crippen molar-refractivity contribution in [1.29, 1.82) is 0 Å². The Labute approximate surface area is 98.1 Å². The highest BCUT2D eigenvalue weighted by Crippen LogP contribution is 2.49. The lowest BCUT2D eigenvalue weighted by atomic mass is 9.57. The lowest BCUT2D eigenvalue weighted by molar-refractivity contribution is 0.0513. The summed E-state index contributed by atoms with van der Waals surface area (Å²) in [6, 6.07) is 0. The average molecular weight is 228 g/mol. The summed E-state index contributed by atoms with van der Waals surface area (Å²) in [7, 11) is 0. The van der Waals surface area contributed by atoms with Crippen LogP contribution in [0.15, 0.2) is 18.5 Å². The number of H-pyrrole nitrogens is 1. The van der Waals surface area contributed by atoms with Gasteiger partial charge in [-0.25, -0.2) is 4.98 Å². The Bertz CT molecular complexity index is 511. The molecule has 0 aliphatic heterocycles. The number of fused-ring (bicyclic) bond motifs is 2. The zero-order chi connectivity index (χ0) is 11.6. The normalized spacial score (nSPS) is 38.1. The fourth-order valence-corrected chi connectivity index (χ4v) is 3.70. The van der Waals surface area contributed by atoms with Crippen molar-refractivity contribution in [3.8, 4) is 0 Å². The lowest BCUT2D eigenvalue weighted by Gasteiger charge is -2.44. The van der Waals surface area contributed by atoms with Gasteiger partial charge in [-0.1, -0.05) is 12.2 Å². The number of hydrogen-bond acceptors (Lipinski definition) is 3. The van der Waals surface area contributed by atoms with E-state index in [1.807, 2.05) is 0 Å². The summed E-state index contributed by atoms with van der Waals surface area (Å²) >= 11 is 0. The summed E-state index contributed by atoms with van der Waals surface area (Å²) in [6.07, 6.45) is 7.76. The quantitative estimate of drug-likeness (QED) is 0.686. The first-order valence-electron chi connectivity index (χ1n) is 6.07. The van der Waals surface area contributed by atoms with Gasteiger partial charge in [-0.15, -0.1) is 0 Å². The van der Waals surface area contributed by atoms with Crippen LogP contribution >= 0.6 is 0 Å². The van der Waals surface area contributed by atoms with E-state index in [9.17, 15) is 9.59 Å². The molecule has 5 rings (SSSR count). The minimum Gasteiger partial charge on any atom is -0.342 e. The summed E-state index contributed by atoms with van der Waals surface area (Å²) < 4.78 is 0. The topological polar surface area (TPSA) is 62.8 Å². The average Bonchev–Trinajstić information content (AvgIpc) is 2.86. The number of allylic oxidation sites excluding steroid dienone is 2. The minimum absolute atomic E-state index is 0.0601. The first-order chi connectivity index (χ1) is 8.27. The summed E-state index contributed by atoms with van der Waals surface area (Å²) in [5.74, 6) is 0.344. The molecule has 0 saturated heterocycles. The highest BCUT2D eigenvalue weighted by atomic mass is 16.1. The molecular formula is C13H12N2O2. The SMILES string of the molecule is O=C1c2nc[nH]c2C(=O)C2C3C=CC(CC3)C12. The molecule has 86 valence electrons. The van der Waals surface area contributed by atoms with Crippen LogP contribution in [0, 0.1) is 23.7 Å². The zero-order valence-corrected chi connectivity index (χ0v) is 9.22. The number of carbonyl (C=O) groups is 2. The maximum absolute atomic E-state index is 12.4. The molecule has 17 heavy (non-hydrogen) atoms. The van der Waals surface area contributed by atoms with Crippen LogP contribution in [0.25, 0.3) is 0 Å². The van der Waals surface area contributed by atoms with E-state index in [2.05, 4.69) is 22.1 Å². The van der Waals surface area contributed by atoms with Crippen LogP contribution in [-0.2, 0) is 0 Å². The van der Waals surface area contributed by atoms with Crippen molar-refractivity contribution in [2.75, 3.05) is 0 Å². The Hall–Kier alpha value is -1.71. The van der Waals surface area contributed by atoms with Gasteiger partial charge < -0.3 is 4.98 Å². The van der Waals surface area contributed by atoms with Crippen molar-refractivity contribution in [2.45, 2.75) is 12.8 Å². The standard InChI is InChI=1S/C13H12N2O2/c16-12-8-6-1-2-7(4-3-6)9(8)13(17)11-10(12)14-5-15-11/h1-2,5-9H,3-4H2,(H,14,15). The second-order valence-electron chi connectivity index (χ2n) is 5.20. The summed E-state index contributed by atoms with van der Waals surface area (Å²) in [6.45, 7) is 0. The Morgan fingerprint density at radius 1 is 1.06 bits per heavy atom. The monoisotopic (exact) mass is 228 g/mol. The first-order valence-corrected chi connectivity index (χ1v) is 6.07. The molecule has 1 aromatic heterocycles. The van der Waals surface area contributed by atoms with Crippen molar-refractivity contribution in [1.82, 2.24) is 9.97 Å². The minimum atomic E-state index is -0.151. The highest BCUT2D eigenvalue weighted by molar-refractivity contribution is 6.14. The van der Waals surface area contributed by atoms with Crippen LogP contribution < -0.4 is 0 Å². The third-order valence-corrected chi connectivity index (χ3v) is 4.47. The molecule has 4 atom stereocenters. The molecular weight excluding hydrogens is 216 g/mol. The third-order valence-electron chi connectivity index (χ3n) is 4.47. The number of Topliss-reactive ketones (excluding diaryl/α,β-unsaturated/α-hetero) is 2. The maximum Gasteiger partial charge on any atom is 0.187 e. The van der Waals surface area contributed by atoms with Gasteiger partial charge in [0.15, 0.2) is 11.6 Å². The third kappa shape index (κ3) is 1.01. The van der Waals surface area contributed by atoms with E-state index in [0.29, 0.717) is 11.4 Å². The van der Waals surface area contributed by atoms with Gasteiger partial charge in [0.2, 0.25) is 0 Å². The van der Waals surface area contributed by atoms with Crippen LogP contribution in [0.1, 0.15) is 33.8 Å². The maximum atomic E-state index is 12.4. The lowest BCUT2D eigenvalue weighted by Crippen LogP contribution is -2.48. The molecule has 2 bridgehead atoms. The molecule has 0 radical (unpaired) electrons. The van der Waals surface area contributed by atoms with E-state index in [1.54, 1.807) is 0 Å². The molecule has 0 spiro atoms. The molecule has 4 aliphatic carbocycles. The number of rotatable bonds is 0. The van der Waals surface area contributed by atoms with Gasteiger partial charge in [0, 0.05) is 11.8 Å². The molecule has 1 saturated carbocycles. The van der Waals surface area contributed by atoms with Crippen LogP contribution in [0.3, 0.4) is 0 Å². The van der Waals surface area contributed by atoms with Gasteiger partial charge in [0.05, 0.1) is 6.33 Å². The Morgan fingerprint density at radius 3 is 2.35 bits per heavy atom. The van der Waals surface area contributed by atoms with Gasteiger partial charge in [0.25, 0.3) is 0 Å². The Kier molecular flexibility index (Phi) is 1.62. The van der Waals surface area contributed by atoms with Crippen molar-refractivity contribution in [3.63, 3.8) is 0 Å². The number of carbonyl (C=O) groups excluding carboxylic acids is 2. The number of aromatic nitrogens is 2. The van der Waals surface area contributed by atoms with E-state index < -0.39 is 0 Å². The van der Waals surface area contributed by atoms with Gasteiger partial charge in [-0.05, 0) is 24.7 Å². The van der Waals surface area contributed by atoms with Gasteiger partial charge in [0.1, 0.15) is 11.4 Å². The second kappa shape index (κ2) is 2.94. The van der Waals surface area contributed by atoms with E-state index in [1.165, 1.54) is 6.33 Å². The van der Waals surface area contributed by atoms with Crippen molar-refractivity contribution < 1.29 is 9.59 Å². The van der Waals surface area contributed by atoms with E-state index in [4.69, 9.17) is 0 Å². The van der Waals surface area contributed by atoms with Crippen LogP contribution in [-0.4, -0.2) is 21.5 Å². The molecule has 0 aromatic carbocycles. The Morgan fingerprint density at radius 2 is 1.71 bits per heavy atom. The van der Waals surface area contributed by atoms with Crippen molar-refractivity contribution in [2.24, 2.45) is 23.7 Å². The number of ketones is 2. The van der Waals surface area contributed by atoms with Crippen LogP contribution in [0.5, 0.6) is 0 Å². The highest BCUT2D eigenvalue weighted by Gasteiger charge is 2.52. The van der Waals surface area contributed by atoms with E-state index in [0.717, 1.165) is 12.8 Å². The van der Waals surface area contributed by atoms with Crippen LogP contribution in [0.4, 0.5) is 0 Å². The van der Waals surface area contributed by atoms with Crippen LogP contribution in [0.2, 0.25) is 0 Å². The number of aromatic amines is 1. The van der Waals surface area contributed by atoms with Gasteiger partial charge >= 0.3 is 0 Å². The molecule has 4 unspecified atom stereocenters. The predicted octanol–water partition coefficient (Wildman–Crippen LogP) is 1.62. The number of nitrogens with zero attached hydrogens (tertiary/aromatic N) is 1. The molecule has 4 nitrogen and oxygen atoms in total. The largest absolute Gasteiger partial charge is 0.342 e. The van der Waals surface area contributed by atoms with E-state index >= 15 is 0 Å². The summed E-state index contributed by atoms with van der Waals surface area (Å²) in [5.41, 5.74) is 0.786. The fraction of sp³-hybridized carbons (Fsp3) is 0.462. The molecule has 4 heteroatoms. The molecule has 1 fully saturated rings. The summed E-state index contributed by atoms with van der Waals surface area (Å²) in [4.78, 5) is 31.6. The number of imidazole rings is 1. The predicted molar refractivity (Wildman–Crippen MR) is 59.6 cm³/mol. The molecule has 0 amide bonds. The van der Waals surface area contributed by atoms with Crippen molar-refractivity contribution >= 4 is 11.6 Å². The number of hydrogen-bond donors (Lipinski definition) is 1. The zero-order valence-electron chi connectivity index (χ0n) is 9.22. The molecule has 1 heterocycles. The van der Waals surface area contributed by atoms with E-state index in [-0.39, 0.29) is 35.2 Å². The Balaban J connectivity index is 1.92. The van der Waals surface area contributed by atoms with Crippen molar-refractivity contribution in [3.05, 3.63) is 29.9 Å². The molecule has 4 aliphatic rings. The van der Waals surface area contributed by atoms with Gasteiger partial charge in [-0.3, -0.25) is 9.59 Å². The first kappa shape index (κ1) is 9.33. The molecule has 1 N–H and O–H groups in total. The number of nitrogens with one attached hydrogen (secondary N) is 1. The van der Waals surface area contributed by atoms with Gasteiger partial charge in [-0.2, -0.15) is 0 Å². The fourth-order valence-electron chi connectivity index (χ4n) is 3.70. The second-order valence-corrected chi connectivity index (χ2v) is 5.20.